The minimum absolute atomic E-state index is 0.217. The molecule has 0 fully saturated rings. The third-order valence-electron chi connectivity index (χ3n) is 4.79. The number of aryl methyl sites for hydroxylation is 3. The second-order valence-electron chi connectivity index (χ2n) is 7.97. The van der Waals surface area contributed by atoms with E-state index in [9.17, 15) is 13.2 Å². The number of hydrogen-bond donors (Lipinski definition) is 1. The van der Waals surface area contributed by atoms with Crippen molar-refractivity contribution in [1.29, 1.82) is 0 Å². The normalized spacial score (nSPS) is 11.5. The molecule has 0 saturated heterocycles. The summed E-state index contributed by atoms with van der Waals surface area (Å²) in [4.78, 5) is 12.4. The van der Waals surface area contributed by atoms with Gasteiger partial charge in [0, 0.05) is 6.54 Å². The average molecular weight is 417 g/mol. The third kappa shape index (κ3) is 7.20. The number of nitrogens with zero attached hydrogens (tertiary/aromatic N) is 1. The van der Waals surface area contributed by atoms with Crippen molar-refractivity contribution < 1.29 is 13.2 Å². The summed E-state index contributed by atoms with van der Waals surface area (Å²) in [5, 5.41) is 2.84. The average Bonchev–Trinajstić information content (AvgIpc) is 2.62. The van der Waals surface area contributed by atoms with Gasteiger partial charge in [-0.1, -0.05) is 44.2 Å². The molecule has 0 aliphatic carbocycles. The standard InChI is InChI=1S/C23H32N2O3S/c1-17(2)21-10-8-20(9-11-21)7-6-12-24-23(26)16-25(29(5,27)28)22-14-18(3)13-19(4)15-22/h8-11,13-15,17H,6-7,12,16H2,1-5H3,(H,24,26). The highest BCUT2D eigenvalue weighted by atomic mass is 32.2. The lowest BCUT2D eigenvalue weighted by Crippen LogP contribution is -2.40. The Morgan fingerprint density at radius 3 is 2.14 bits per heavy atom. The van der Waals surface area contributed by atoms with Gasteiger partial charge in [-0.25, -0.2) is 8.42 Å². The highest BCUT2D eigenvalue weighted by molar-refractivity contribution is 7.92. The van der Waals surface area contributed by atoms with Gasteiger partial charge in [0.2, 0.25) is 15.9 Å². The van der Waals surface area contributed by atoms with Crippen LogP contribution in [0.15, 0.2) is 42.5 Å². The number of nitrogens with one attached hydrogen (secondary N) is 1. The van der Waals surface area contributed by atoms with Gasteiger partial charge in [-0.2, -0.15) is 0 Å². The predicted octanol–water partition coefficient (Wildman–Crippen LogP) is 3.94. The summed E-state index contributed by atoms with van der Waals surface area (Å²) in [5.41, 5.74) is 4.98. The quantitative estimate of drug-likeness (QED) is 0.630. The molecule has 0 atom stereocenters. The van der Waals surface area contributed by atoms with Gasteiger partial charge in [-0.15, -0.1) is 0 Å². The molecule has 0 spiro atoms. The summed E-state index contributed by atoms with van der Waals surface area (Å²) in [7, 11) is -3.56. The first-order chi connectivity index (χ1) is 13.6. The predicted molar refractivity (Wildman–Crippen MR) is 120 cm³/mol. The molecule has 0 heterocycles. The molecule has 1 amide bonds. The van der Waals surface area contributed by atoms with Crippen LogP contribution in [0, 0.1) is 13.8 Å². The van der Waals surface area contributed by atoms with Crippen molar-refractivity contribution in [2.45, 2.75) is 46.5 Å². The Labute approximate surface area is 175 Å². The summed E-state index contributed by atoms with van der Waals surface area (Å²) in [6.07, 6.45) is 2.79. The minimum atomic E-state index is -3.56. The molecular formula is C23H32N2O3S. The number of carbonyl (C=O) groups excluding carboxylic acids is 1. The van der Waals surface area contributed by atoms with Crippen molar-refractivity contribution in [2.75, 3.05) is 23.7 Å². The molecule has 1 N–H and O–H groups in total. The van der Waals surface area contributed by atoms with Crippen LogP contribution in [0.3, 0.4) is 0 Å². The molecule has 5 nitrogen and oxygen atoms in total. The fourth-order valence-corrected chi connectivity index (χ4v) is 4.11. The number of hydrogen-bond acceptors (Lipinski definition) is 3. The van der Waals surface area contributed by atoms with Crippen molar-refractivity contribution in [1.82, 2.24) is 5.32 Å². The van der Waals surface area contributed by atoms with E-state index in [1.54, 1.807) is 12.1 Å². The van der Waals surface area contributed by atoms with Gasteiger partial charge in [-0.05, 0) is 67.0 Å². The van der Waals surface area contributed by atoms with Crippen molar-refractivity contribution in [3.63, 3.8) is 0 Å². The van der Waals surface area contributed by atoms with E-state index in [4.69, 9.17) is 0 Å². The zero-order valence-electron chi connectivity index (χ0n) is 18.0. The first-order valence-corrected chi connectivity index (χ1v) is 11.8. The first kappa shape index (κ1) is 22.9. The Balaban J connectivity index is 1.90. The number of rotatable bonds is 9. The molecule has 0 unspecified atom stereocenters. The number of anilines is 1. The summed E-state index contributed by atoms with van der Waals surface area (Å²) in [6.45, 7) is 8.44. The molecule has 0 saturated carbocycles. The van der Waals surface area contributed by atoms with Crippen LogP contribution in [0.25, 0.3) is 0 Å². The van der Waals surface area contributed by atoms with Gasteiger partial charge in [0.1, 0.15) is 6.54 Å². The summed E-state index contributed by atoms with van der Waals surface area (Å²) in [5.74, 6) is 0.211. The third-order valence-corrected chi connectivity index (χ3v) is 5.93. The van der Waals surface area contributed by atoms with Crippen LogP contribution in [0.2, 0.25) is 0 Å². The largest absolute Gasteiger partial charge is 0.355 e. The molecule has 0 aromatic heterocycles. The molecule has 0 radical (unpaired) electrons. The second kappa shape index (κ2) is 9.92. The molecule has 0 aliphatic rings. The molecule has 2 aromatic rings. The summed E-state index contributed by atoms with van der Waals surface area (Å²) in [6, 6.07) is 14.1. The van der Waals surface area contributed by atoms with Crippen molar-refractivity contribution >= 4 is 21.6 Å². The topological polar surface area (TPSA) is 66.5 Å². The lowest BCUT2D eigenvalue weighted by Gasteiger charge is -2.22. The minimum Gasteiger partial charge on any atom is -0.355 e. The number of amides is 1. The van der Waals surface area contributed by atoms with Crippen molar-refractivity contribution in [3.8, 4) is 0 Å². The summed E-state index contributed by atoms with van der Waals surface area (Å²) >= 11 is 0. The maximum absolute atomic E-state index is 12.4. The van der Waals surface area contributed by atoms with Crippen molar-refractivity contribution in [2.24, 2.45) is 0 Å². The zero-order valence-corrected chi connectivity index (χ0v) is 18.8. The van der Waals surface area contributed by atoms with Crippen LogP contribution in [0.4, 0.5) is 5.69 Å². The van der Waals surface area contributed by atoms with E-state index < -0.39 is 10.0 Å². The molecule has 2 aromatic carbocycles. The Hall–Kier alpha value is -2.34. The second-order valence-corrected chi connectivity index (χ2v) is 9.87. The molecule has 2 rings (SSSR count). The van der Waals surface area contributed by atoms with Crippen molar-refractivity contribution in [3.05, 3.63) is 64.7 Å². The van der Waals surface area contributed by atoms with E-state index >= 15 is 0 Å². The fraction of sp³-hybridized carbons (Fsp3) is 0.435. The Morgan fingerprint density at radius 1 is 1.03 bits per heavy atom. The van der Waals surface area contributed by atoms with E-state index in [2.05, 4.69) is 43.4 Å². The highest BCUT2D eigenvalue weighted by Crippen LogP contribution is 2.21. The van der Waals surface area contributed by atoms with Gasteiger partial charge >= 0.3 is 0 Å². The van der Waals surface area contributed by atoms with E-state index in [-0.39, 0.29) is 12.5 Å². The summed E-state index contributed by atoms with van der Waals surface area (Å²) < 4.78 is 25.6. The smallest absolute Gasteiger partial charge is 0.240 e. The molecule has 0 aliphatic heterocycles. The van der Waals surface area contributed by atoms with E-state index in [1.807, 2.05) is 19.9 Å². The zero-order chi connectivity index (χ0) is 21.6. The Bertz CT molecular complexity index is 915. The van der Waals surface area contributed by atoms with E-state index in [0.717, 1.165) is 34.5 Å². The van der Waals surface area contributed by atoms with Crippen LogP contribution in [-0.4, -0.2) is 33.7 Å². The lowest BCUT2D eigenvalue weighted by atomic mass is 10.0. The van der Waals surface area contributed by atoms with Crippen LogP contribution in [0.5, 0.6) is 0 Å². The lowest BCUT2D eigenvalue weighted by molar-refractivity contribution is -0.119. The maximum Gasteiger partial charge on any atom is 0.240 e. The molecular weight excluding hydrogens is 384 g/mol. The van der Waals surface area contributed by atoms with Gasteiger partial charge in [-0.3, -0.25) is 9.10 Å². The molecule has 29 heavy (non-hydrogen) atoms. The van der Waals surface area contributed by atoms with Gasteiger partial charge in [0.25, 0.3) is 0 Å². The number of sulfonamides is 1. The molecule has 0 bridgehead atoms. The van der Waals surface area contributed by atoms with Gasteiger partial charge in [0.15, 0.2) is 0 Å². The van der Waals surface area contributed by atoms with E-state index in [1.165, 1.54) is 11.1 Å². The van der Waals surface area contributed by atoms with Crippen LogP contribution < -0.4 is 9.62 Å². The van der Waals surface area contributed by atoms with Crippen LogP contribution in [0.1, 0.15) is 48.4 Å². The SMILES string of the molecule is Cc1cc(C)cc(N(CC(=O)NCCCc2ccc(C(C)C)cc2)S(C)(=O)=O)c1. The highest BCUT2D eigenvalue weighted by Gasteiger charge is 2.21. The Kier molecular flexibility index (Phi) is 7.85. The monoisotopic (exact) mass is 416 g/mol. The Morgan fingerprint density at radius 2 is 1.62 bits per heavy atom. The van der Waals surface area contributed by atoms with Crippen LogP contribution in [-0.2, 0) is 21.2 Å². The molecule has 6 heteroatoms. The van der Waals surface area contributed by atoms with Gasteiger partial charge in [0.05, 0.1) is 11.9 Å². The number of carbonyl (C=O) groups is 1. The number of benzene rings is 2. The van der Waals surface area contributed by atoms with E-state index in [0.29, 0.717) is 18.2 Å². The first-order valence-electron chi connectivity index (χ1n) is 9.98. The fourth-order valence-electron chi connectivity index (χ4n) is 3.27. The molecule has 158 valence electrons. The maximum atomic E-state index is 12.4. The van der Waals surface area contributed by atoms with Crippen LogP contribution >= 0.6 is 0 Å². The van der Waals surface area contributed by atoms with Gasteiger partial charge < -0.3 is 5.32 Å².